The summed E-state index contributed by atoms with van der Waals surface area (Å²) in [6.45, 7) is 0.680. The van der Waals surface area contributed by atoms with Gasteiger partial charge in [-0.3, -0.25) is 14.6 Å². The first kappa shape index (κ1) is 21.3. The van der Waals surface area contributed by atoms with Crippen molar-refractivity contribution in [1.29, 1.82) is 0 Å². The largest absolute Gasteiger partial charge is 0.492 e. The molecule has 6 nitrogen and oxygen atoms in total. The van der Waals surface area contributed by atoms with Crippen molar-refractivity contribution in [2.75, 3.05) is 11.9 Å². The highest BCUT2D eigenvalue weighted by atomic mass is 35.5. The molecule has 0 aliphatic heterocycles. The van der Waals surface area contributed by atoms with Crippen LogP contribution in [0.5, 0.6) is 5.75 Å². The standard InChI is InChI=1S/C23H22ClN3O3/c24-19-9-2-4-11-21(19)30-14-6-12-22(28)27-20-10-3-1-7-17(20)16-26-23(29)18-8-5-13-25-15-18/h1-5,7-11,13,15H,6,12,14,16H2,(H,26,29)(H,27,28). The van der Waals surface area contributed by atoms with Crippen LogP contribution in [0.4, 0.5) is 5.69 Å². The number of anilines is 1. The summed E-state index contributed by atoms with van der Waals surface area (Å²) in [6.07, 6.45) is 3.98. The third-order valence-electron chi connectivity index (χ3n) is 4.30. The molecule has 3 rings (SSSR count). The van der Waals surface area contributed by atoms with E-state index in [0.29, 0.717) is 48.0 Å². The highest BCUT2D eigenvalue weighted by molar-refractivity contribution is 6.32. The van der Waals surface area contributed by atoms with E-state index >= 15 is 0 Å². The maximum absolute atomic E-state index is 12.3. The summed E-state index contributed by atoms with van der Waals surface area (Å²) in [5.74, 6) is 0.263. The third kappa shape index (κ3) is 6.32. The van der Waals surface area contributed by atoms with Gasteiger partial charge in [-0.1, -0.05) is 41.9 Å². The lowest BCUT2D eigenvalue weighted by Crippen LogP contribution is -2.24. The second-order valence-electron chi connectivity index (χ2n) is 6.51. The van der Waals surface area contributed by atoms with Gasteiger partial charge < -0.3 is 15.4 Å². The number of hydrogen-bond acceptors (Lipinski definition) is 4. The summed E-state index contributed by atoms with van der Waals surface area (Å²) in [7, 11) is 0. The molecule has 1 heterocycles. The number of hydrogen-bond donors (Lipinski definition) is 2. The number of amides is 2. The fourth-order valence-electron chi connectivity index (χ4n) is 2.76. The van der Waals surface area contributed by atoms with Gasteiger partial charge in [0.15, 0.2) is 0 Å². The molecule has 0 radical (unpaired) electrons. The van der Waals surface area contributed by atoms with Crippen molar-refractivity contribution in [3.05, 3.63) is 89.2 Å². The molecule has 30 heavy (non-hydrogen) atoms. The molecule has 0 spiro atoms. The molecule has 0 aliphatic rings. The van der Waals surface area contributed by atoms with Gasteiger partial charge in [-0.15, -0.1) is 0 Å². The minimum absolute atomic E-state index is 0.121. The van der Waals surface area contributed by atoms with E-state index in [2.05, 4.69) is 15.6 Å². The minimum Gasteiger partial charge on any atom is -0.492 e. The van der Waals surface area contributed by atoms with Gasteiger partial charge in [0.1, 0.15) is 5.75 Å². The molecule has 2 aromatic carbocycles. The Kier molecular flexibility index (Phi) is 7.80. The fourth-order valence-corrected chi connectivity index (χ4v) is 2.95. The quantitative estimate of drug-likeness (QED) is 0.498. The van der Waals surface area contributed by atoms with Crippen molar-refractivity contribution in [1.82, 2.24) is 10.3 Å². The molecule has 0 bridgehead atoms. The van der Waals surface area contributed by atoms with Gasteiger partial charge in [-0.25, -0.2) is 0 Å². The Hall–Kier alpha value is -3.38. The van der Waals surface area contributed by atoms with Gasteiger partial charge in [0.2, 0.25) is 5.91 Å². The van der Waals surface area contributed by atoms with Crippen LogP contribution in [0.25, 0.3) is 0 Å². The van der Waals surface area contributed by atoms with Crippen molar-refractivity contribution in [2.45, 2.75) is 19.4 Å². The maximum atomic E-state index is 12.3. The van der Waals surface area contributed by atoms with E-state index in [-0.39, 0.29) is 11.8 Å². The Morgan fingerprint density at radius 2 is 1.80 bits per heavy atom. The Morgan fingerprint density at radius 1 is 1.00 bits per heavy atom. The highest BCUT2D eigenvalue weighted by Gasteiger charge is 2.10. The van der Waals surface area contributed by atoms with Crippen LogP contribution in [0, 0.1) is 0 Å². The lowest BCUT2D eigenvalue weighted by molar-refractivity contribution is -0.116. The van der Waals surface area contributed by atoms with Crippen molar-refractivity contribution in [3.63, 3.8) is 0 Å². The normalized spacial score (nSPS) is 10.3. The smallest absolute Gasteiger partial charge is 0.253 e. The molecule has 154 valence electrons. The van der Waals surface area contributed by atoms with Gasteiger partial charge in [0, 0.05) is 31.0 Å². The van der Waals surface area contributed by atoms with E-state index in [4.69, 9.17) is 16.3 Å². The first-order valence-electron chi connectivity index (χ1n) is 9.57. The number of halogens is 1. The summed E-state index contributed by atoms with van der Waals surface area (Å²) in [5.41, 5.74) is 1.97. The predicted octanol–water partition coefficient (Wildman–Crippen LogP) is 4.46. The van der Waals surface area contributed by atoms with E-state index < -0.39 is 0 Å². The number of carbonyl (C=O) groups excluding carboxylic acids is 2. The van der Waals surface area contributed by atoms with Crippen molar-refractivity contribution < 1.29 is 14.3 Å². The average molecular weight is 424 g/mol. The van der Waals surface area contributed by atoms with E-state index in [0.717, 1.165) is 5.56 Å². The molecular weight excluding hydrogens is 402 g/mol. The van der Waals surface area contributed by atoms with E-state index in [9.17, 15) is 9.59 Å². The molecule has 0 saturated carbocycles. The minimum atomic E-state index is -0.221. The van der Waals surface area contributed by atoms with Crippen LogP contribution in [0.1, 0.15) is 28.8 Å². The van der Waals surface area contributed by atoms with Crippen molar-refractivity contribution in [2.24, 2.45) is 0 Å². The molecule has 0 unspecified atom stereocenters. The lowest BCUT2D eigenvalue weighted by Gasteiger charge is -2.12. The van der Waals surface area contributed by atoms with Gasteiger partial charge >= 0.3 is 0 Å². The number of pyridine rings is 1. The number of nitrogens with zero attached hydrogens (tertiary/aromatic N) is 1. The van der Waals surface area contributed by atoms with Crippen LogP contribution in [0.2, 0.25) is 5.02 Å². The molecule has 0 saturated heterocycles. The van der Waals surface area contributed by atoms with Crippen LogP contribution in [0.15, 0.2) is 73.1 Å². The number of aromatic nitrogens is 1. The van der Waals surface area contributed by atoms with Crippen molar-refractivity contribution in [3.8, 4) is 5.75 Å². The molecule has 0 aliphatic carbocycles. The summed E-state index contributed by atoms with van der Waals surface area (Å²) in [5, 5.41) is 6.29. The molecule has 0 fully saturated rings. The Balaban J connectivity index is 1.47. The molecule has 7 heteroatoms. The SMILES string of the molecule is O=C(CCCOc1ccccc1Cl)Nc1ccccc1CNC(=O)c1cccnc1. The molecule has 0 atom stereocenters. The van der Waals surface area contributed by atoms with Crippen LogP contribution in [-0.2, 0) is 11.3 Å². The number of para-hydroxylation sites is 2. The topological polar surface area (TPSA) is 80.3 Å². The zero-order chi connectivity index (χ0) is 21.2. The van der Waals surface area contributed by atoms with Crippen molar-refractivity contribution >= 4 is 29.1 Å². The third-order valence-corrected chi connectivity index (χ3v) is 4.61. The van der Waals surface area contributed by atoms with Gasteiger partial charge in [0.25, 0.3) is 5.91 Å². The number of carbonyl (C=O) groups is 2. The Bertz CT molecular complexity index is 996. The van der Waals surface area contributed by atoms with Gasteiger partial charge in [0.05, 0.1) is 17.2 Å². The van der Waals surface area contributed by atoms with E-state index in [1.165, 1.54) is 6.20 Å². The highest BCUT2D eigenvalue weighted by Crippen LogP contribution is 2.23. The predicted molar refractivity (Wildman–Crippen MR) is 117 cm³/mol. The zero-order valence-corrected chi connectivity index (χ0v) is 17.1. The van der Waals surface area contributed by atoms with Gasteiger partial charge in [-0.2, -0.15) is 0 Å². The molecule has 2 amide bonds. The molecule has 3 aromatic rings. The van der Waals surface area contributed by atoms with Crippen LogP contribution in [0.3, 0.4) is 0 Å². The second kappa shape index (κ2) is 11.0. The summed E-state index contributed by atoms with van der Waals surface area (Å²) in [6, 6.07) is 18.0. The maximum Gasteiger partial charge on any atom is 0.253 e. The van der Waals surface area contributed by atoms with E-state index in [1.807, 2.05) is 36.4 Å². The van der Waals surface area contributed by atoms with Crippen LogP contribution >= 0.6 is 11.6 Å². The van der Waals surface area contributed by atoms with Gasteiger partial charge in [-0.05, 0) is 42.3 Å². The number of nitrogens with one attached hydrogen (secondary N) is 2. The summed E-state index contributed by atoms with van der Waals surface area (Å²) in [4.78, 5) is 28.5. The number of benzene rings is 2. The van der Waals surface area contributed by atoms with E-state index in [1.54, 1.807) is 30.5 Å². The van der Waals surface area contributed by atoms with Crippen LogP contribution in [-0.4, -0.2) is 23.4 Å². The summed E-state index contributed by atoms with van der Waals surface area (Å²) >= 11 is 6.04. The first-order chi connectivity index (χ1) is 14.6. The summed E-state index contributed by atoms with van der Waals surface area (Å²) < 4.78 is 5.60. The Labute approximate surface area is 180 Å². The molecular formula is C23H22ClN3O3. The molecule has 1 aromatic heterocycles. The Morgan fingerprint density at radius 3 is 2.60 bits per heavy atom. The average Bonchev–Trinajstić information content (AvgIpc) is 2.77. The number of ether oxygens (including phenoxy) is 1. The first-order valence-corrected chi connectivity index (χ1v) is 9.94. The number of rotatable bonds is 9. The van der Waals surface area contributed by atoms with Crippen LogP contribution < -0.4 is 15.4 Å². The fraction of sp³-hybridized carbons (Fsp3) is 0.174. The zero-order valence-electron chi connectivity index (χ0n) is 16.3. The monoisotopic (exact) mass is 423 g/mol. The molecule has 2 N–H and O–H groups in total. The lowest BCUT2D eigenvalue weighted by atomic mass is 10.1. The second-order valence-corrected chi connectivity index (χ2v) is 6.92.